The van der Waals surface area contributed by atoms with Crippen LogP contribution < -0.4 is 0 Å². The number of nitrogens with zero attached hydrogens (tertiary/aromatic N) is 5. The first-order chi connectivity index (χ1) is 11.8. The fourth-order valence-corrected chi connectivity index (χ4v) is 3.28. The minimum Gasteiger partial charge on any atom is -0.348 e. The molecule has 7 heteroatoms. The average molecular weight is 322 g/mol. The molecule has 0 aliphatic carbocycles. The summed E-state index contributed by atoms with van der Waals surface area (Å²) in [5.41, 5.74) is 3.54. The molecule has 1 aliphatic heterocycles. The molecule has 1 N–H and O–H groups in total. The van der Waals surface area contributed by atoms with E-state index in [-0.39, 0.29) is 11.9 Å². The van der Waals surface area contributed by atoms with Crippen molar-refractivity contribution in [2.45, 2.75) is 25.9 Å². The summed E-state index contributed by atoms with van der Waals surface area (Å²) in [7, 11) is 0. The summed E-state index contributed by atoms with van der Waals surface area (Å²) in [4.78, 5) is 26.9. The molecule has 3 aromatic heterocycles. The zero-order valence-corrected chi connectivity index (χ0v) is 13.4. The Balaban J connectivity index is 1.78. The molecule has 0 spiro atoms. The predicted molar refractivity (Wildman–Crippen MR) is 87.3 cm³/mol. The number of imidazole rings is 1. The molecule has 4 rings (SSSR count). The first-order valence-electron chi connectivity index (χ1n) is 8.04. The lowest BCUT2D eigenvalue weighted by molar-refractivity contribution is 0.0677. The fourth-order valence-electron chi connectivity index (χ4n) is 3.28. The molecular formula is C17H18N6O. The number of aromatic amines is 1. The molecule has 1 atom stereocenters. The van der Waals surface area contributed by atoms with Gasteiger partial charge in [0.2, 0.25) is 0 Å². The van der Waals surface area contributed by atoms with Gasteiger partial charge in [-0.3, -0.25) is 14.5 Å². The second-order valence-electron chi connectivity index (χ2n) is 5.74. The van der Waals surface area contributed by atoms with E-state index in [0.29, 0.717) is 18.8 Å². The lowest BCUT2D eigenvalue weighted by Gasteiger charge is -2.35. The number of aryl methyl sites for hydroxylation is 1. The van der Waals surface area contributed by atoms with E-state index in [1.165, 1.54) is 0 Å². The summed E-state index contributed by atoms with van der Waals surface area (Å²) in [5, 5.41) is 4.22. The summed E-state index contributed by atoms with van der Waals surface area (Å²) >= 11 is 0. The molecular weight excluding hydrogens is 304 g/mol. The van der Waals surface area contributed by atoms with Crippen LogP contribution in [0.15, 0.2) is 43.1 Å². The monoisotopic (exact) mass is 322 g/mol. The van der Waals surface area contributed by atoms with E-state index in [1.807, 2.05) is 24.0 Å². The van der Waals surface area contributed by atoms with Crippen molar-refractivity contribution >= 4 is 5.91 Å². The smallest absolute Gasteiger partial charge is 0.272 e. The Hall–Kier alpha value is -2.96. The number of carbonyl (C=O) groups excluding carboxylic acids is 1. The molecule has 1 amide bonds. The Labute approximate surface area is 139 Å². The number of hydrogen-bond donors (Lipinski definition) is 1. The summed E-state index contributed by atoms with van der Waals surface area (Å²) in [6, 6.07) is 5.40. The van der Waals surface area contributed by atoms with Crippen LogP contribution in [0.4, 0.5) is 0 Å². The Kier molecular flexibility index (Phi) is 3.60. The van der Waals surface area contributed by atoms with Crippen LogP contribution in [0, 0.1) is 0 Å². The van der Waals surface area contributed by atoms with Gasteiger partial charge in [-0.15, -0.1) is 0 Å². The molecule has 24 heavy (non-hydrogen) atoms. The molecule has 0 saturated heterocycles. The maximum Gasteiger partial charge on any atom is 0.272 e. The van der Waals surface area contributed by atoms with Gasteiger partial charge in [0.1, 0.15) is 11.7 Å². The minimum absolute atomic E-state index is 0.0307. The van der Waals surface area contributed by atoms with Crippen molar-refractivity contribution in [2.24, 2.45) is 0 Å². The van der Waals surface area contributed by atoms with E-state index in [9.17, 15) is 4.79 Å². The summed E-state index contributed by atoms with van der Waals surface area (Å²) in [5.74, 6) is -0.0307. The van der Waals surface area contributed by atoms with Crippen LogP contribution >= 0.6 is 0 Å². The summed E-state index contributed by atoms with van der Waals surface area (Å²) < 4.78 is 1.72. The number of hydrogen-bond acceptors (Lipinski definition) is 4. The minimum atomic E-state index is -0.235. The van der Waals surface area contributed by atoms with E-state index in [1.54, 1.807) is 35.7 Å². The molecule has 1 unspecified atom stereocenters. The molecule has 3 aromatic rings. The molecule has 1 aliphatic rings. The number of H-pyrrole nitrogens is 1. The van der Waals surface area contributed by atoms with Crippen molar-refractivity contribution in [3.63, 3.8) is 0 Å². The van der Waals surface area contributed by atoms with Gasteiger partial charge in [-0.1, -0.05) is 6.07 Å². The van der Waals surface area contributed by atoms with E-state index in [4.69, 9.17) is 0 Å². The predicted octanol–water partition coefficient (Wildman–Crippen LogP) is 1.81. The van der Waals surface area contributed by atoms with Gasteiger partial charge in [0.25, 0.3) is 5.91 Å². The maximum atomic E-state index is 13.2. The van der Waals surface area contributed by atoms with Gasteiger partial charge in [-0.25, -0.2) is 4.98 Å². The molecule has 0 bridgehead atoms. The van der Waals surface area contributed by atoms with Crippen molar-refractivity contribution in [1.82, 2.24) is 29.6 Å². The number of aromatic nitrogens is 5. The normalized spacial score (nSPS) is 16.9. The van der Waals surface area contributed by atoms with E-state index in [2.05, 4.69) is 20.1 Å². The molecule has 0 radical (unpaired) electrons. The standard InChI is InChI=1S/C17H18N6O/c1-2-23-14(5-8-21-23)17(24)22-9-6-13-15(20-11-19-13)16(22)12-4-3-7-18-10-12/h3-5,7-8,10-11,16H,2,6,9H2,1H3,(H,19,20). The topological polar surface area (TPSA) is 79.7 Å². The van der Waals surface area contributed by atoms with Gasteiger partial charge in [0.05, 0.1) is 12.0 Å². The zero-order valence-electron chi connectivity index (χ0n) is 13.4. The number of carbonyl (C=O) groups is 1. The Morgan fingerprint density at radius 2 is 2.29 bits per heavy atom. The first kappa shape index (κ1) is 14.6. The van der Waals surface area contributed by atoms with Crippen LogP contribution in [-0.2, 0) is 13.0 Å². The fraction of sp³-hybridized carbons (Fsp3) is 0.294. The number of amides is 1. The highest BCUT2D eigenvalue weighted by molar-refractivity contribution is 5.93. The largest absolute Gasteiger partial charge is 0.348 e. The van der Waals surface area contributed by atoms with Gasteiger partial charge in [-0.05, 0) is 24.6 Å². The highest BCUT2D eigenvalue weighted by Crippen LogP contribution is 2.33. The second kappa shape index (κ2) is 5.92. The summed E-state index contributed by atoms with van der Waals surface area (Å²) in [6.07, 6.45) is 7.65. The van der Waals surface area contributed by atoms with Crippen molar-refractivity contribution in [2.75, 3.05) is 6.54 Å². The maximum absolute atomic E-state index is 13.2. The number of pyridine rings is 1. The van der Waals surface area contributed by atoms with Gasteiger partial charge in [0.15, 0.2) is 0 Å². The van der Waals surface area contributed by atoms with Gasteiger partial charge in [0, 0.05) is 43.8 Å². The van der Waals surface area contributed by atoms with Crippen LogP contribution in [0.25, 0.3) is 0 Å². The lowest BCUT2D eigenvalue weighted by Crippen LogP contribution is -2.41. The highest BCUT2D eigenvalue weighted by atomic mass is 16.2. The third-order valence-electron chi connectivity index (χ3n) is 4.42. The Bertz CT molecular complexity index is 853. The van der Waals surface area contributed by atoms with Gasteiger partial charge in [-0.2, -0.15) is 5.10 Å². The lowest BCUT2D eigenvalue weighted by atomic mass is 9.96. The molecule has 0 fully saturated rings. The number of rotatable bonds is 3. The second-order valence-corrected chi connectivity index (χ2v) is 5.74. The molecule has 7 nitrogen and oxygen atoms in total. The highest BCUT2D eigenvalue weighted by Gasteiger charge is 2.35. The van der Waals surface area contributed by atoms with Gasteiger partial charge < -0.3 is 9.88 Å². The number of fused-ring (bicyclic) bond motifs is 1. The van der Waals surface area contributed by atoms with Crippen LogP contribution in [0.3, 0.4) is 0 Å². The van der Waals surface area contributed by atoms with E-state index < -0.39 is 0 Å². The third-order valence-corrected chi connectivity index (χ3v) is 4.42. The van der Waals surface area contributed by atoms with Gasteiger partial charge >= 0.3 is 0 Å². The van der Waals surface area contributed by atoms with Crippen molar-refractivity contribution < 1.29 is 4.79 Å². The van der Waals surface area contributed by atoms with E-state index >= 15 is 0 Å². The third kappa shape index (κ3) is 2.29. The Morgan fingerprint density at radius 3 is 3.08 bits per heavy atom. The molecule has 4 heterocycles. The van der Waals surface area contributed by atoms with Crippen LogP contribution in [0.5, 0.6) is 0 Å². The average Bonchev–Trinajstić information content (AvgIpc) is 3.29. The quantitative estimate of drug-likeness (QED) is 0.797. The van der Waals surface area contributed by atoms with Crippen molar-refractivity contribution in [1.29, 1.82) is 0 Å². The first-order valence-corrected chi connectivity index (χ1v) is 8.04. The van der Waals surface area contributed by atoms with Crippen LogP contribution in [-0.4, -0.2) is 42.1 Å². The Morgan fingerprint density at radius 1 is 1.38 bits per heavy atom. The zero-order chi connectivity index (χ0) is 16.5. The van der Waals surface area contributed by atoms with E-state index in [0.717, 1.165) is 23.4 Å². The number of nitrogens with one attached hydrogen (secondary N) is 1. The molecule has 0 aromatic carbocycles. The van der Waals surface area contributed by atoms with Crippen LogP contribution in [0.1, 0.15) is 40.4 Å². The summed E-state index contributed by atoms with van der Waals surface area (Å²) in [6.45, 7) is 3.26. The van der Waals surface area contributed by atoms with Crippen LogP contribution in [0.2, 0.25) is 0 Å². The SMILES string of the molecule is CCn1nccc1C(=O)N1CCc2[nH]cnc2C1c1cccnc1. The molecule has 122 valence electrons. The van der Waals surface area contributed by atoms with Crippen molar-refractivity contribution in [3.8, 4) is 0 Å². The van der Waals surface area contributed by atoms with Crippen molar-refractivity contribution in [3.05, 3.63) is 65.8 Å². The molecule has 0 saturated carbocycles.